The van der Waals surface area contributed by atoms with Gasteiger partial charge in [-0.1, -0.05) is 34.1 Å². The lowest BCUT2D eigenvalue weighted by molar-refractivity contribution is -0.244. The summed E-state index contributed by atoms with van der Waals surface area (Å²) in [6, 6.07) is 0. The van der Waals surface area contributed by atoms with E-state index in [4.69, 9.17) is 19.0 Å². The van der Waals surface area contributed by atoms with Crippen LogP contribution in [0.2, 0.25) is 0 Å². The highest BCUT2D eigenvalue weighted by Gasteiger charge is 2.80. The third-order valence-electron chi connectivity index (χ3n) is 15.2. The van der Waals surface area contributed by atoms with Crippen LogP contribution in [0.3, 0.4) is 0 Å². The Labute approximate surface area is 272 Å². The summed E-state index contributed by atoms with van der Waals surface area (Å²) in [5, 5.41) is 2.25. The lowest BCUT2D eigenvalue weighted by Gasteiger charge is -2.60. The number of nitrogens with zero attached hydrogens (tertiary/aromatic N) is 1. The summed E-state index contributed by atoms with van der Waals surface area (Å²) in [5.41, 5.74) is 1.79. The molecule has 2 saturated heterocycles. The standard InChI is InChI=1S/C36H57NO4.C2H5NO/c1-5-6-24-9-10-26-28(40-24)20-27-25-11-12-29-33(2,3)30(13-14-36(29)22-35(25,36)16-15-34(26,27)4)41-32-21-37(17-18-39-32)31(38)19-23-7-8-23;1-3-2-4/h23-30,32H,5-22H2,1-4H3;2H,1H3,(H,3,4). The Kier molecular flexibility index (Phi) is 8.67. The molecular formula is C38H62N2O5. The van der Waals surface area contributed by atoms with Crippen molar-refractivity contribution < 1.29 is 23.8 Å². The van der Waals surface area contributed by atoms with E-state index in [0.29, 0.717) is 59.8 Å². The summed E-state index contributed by atoms with van der Waals surface area (Å²) in [6.07, 6.45) is 21.1. The van der Waals surface area contributed by atoms with Crippen LogP contribution in [0.25, 0.3) is 0 Å². The molecule has 2 amide bonds. The number of hydrogen-bond donors (Lipinski definition) is 1. The van der Waals surface area contributed by atoms with Gasteiger partial charge in [-0.3, -0.25) is 9.59 Å². The molecule has 7 heteroatoms. The Balaban J connectivity index is 0.000000770. The molecule has 8 fully saturated rings. The zero-order chi connectivity index (χ0) is 31.6. The average Bonchev–Trinajstić information content (AvgIpc) is 3.94. The average molecular weight is 627 g/mol. The Morgan fingerprint density at radius 3 is 2.49 bits per heavy atom. The Hall–Kier alpha value is -1.18. The van der Waals surface area contributed by atoms with E-state index < -0.39 is 0 Å². The van der Waals surface area contributed by atoms with E-state index in [2.05, 4.69) is 33.0 Å². The first-order valence-electron chi connectivity index (χ1n) is 18.9. The van der Waals surface area contributed by atoms with Gasteiger partial charge in [0.05, 0.1) is 31.5 Å². The Morgan fingerprint density at radius 2 is 1.76 bits per heavy atom. The molecule has 11 atom stereocenters. The zero-order valence-corrected chi connectivity index (χ0v) is 29.0. The molecule has 8 rings (SSSR count). The zero-order valence-electron chi connectivity index (χ0n) is 29.0. The van der Waals surface area contributed by atoms with E-state index in [9.17, 15) is 4.79 Å². The number of fused-ring (bicyclic) bond motifs is 4. The van der Waals surface area contributed by atoms with E-state index in [-0.39, 0.29) is 17.8 Å². The van der Waals surface area contributed by atoms with Crippen molar-refractivity contribution in [3.63, 3.8) is 0 Å². The minimum Gasteiger partial charge on any atom is -0.375 e. The highest BCUT2D eigenvalue weighted by molar-refractivity contribution is 5.76. The van der Waals surface area contributed by atoms with Crippen LogP contribution < -0.4 is 5.32 Å². The van der Waals surface area contributed by atoms with Crippen LogP contribution in [0.15, 0.2) is 0 Å². The fraction of sp³-hybridized carbons (Fsp3) is 0.947. The van der Waals surface area contributed by atoms with E-state index in [1.807, 2.05) is 4.90 Å². The second-order valence-electron chi connectivity index (χ2n) is 17.5. The molecule has 0 radical (unpaired) electrons. The molecule has 6 aliphatic carbocycles. The molecule has 0 aromatic carbocycles. The third kappa shape index (κ3) is 5.32. The van der Waals surface area contributed by atoms with E-state index in [1.54, 1.807) is 7.05 Å². The molecule has 11 unspecified atom stereocenters. The number of nitrogens with one attached hydrogen (secondary N) is 1. The third-order valence-corrected chi connectivity index (χ3v) is 15.2. The molecule has 254 valence electrons. The summed E-state index contributed by atoms with van der Waals surface area (Å²) < 4.78 is 19.8. The van der Waals surface area contributed by atoms with Gasteiger partial charge >= 0.3 is 0 Å². The number of carbonyl (C=O) groups excluding carboxylic acids is 2. The molecule has 6 saturated carbocycles. The van der Waals surface area contributed by atoms with Crippen molar-refractivity contribution >= 4 is 12.3 Å². The summed E-state index contributed by atoms with van der Waals surface area (Å²) in [7, 11) is 1.56. The molecule has 2 spiro atoms. The van der Waals surface area contributed by atoms with Crippen LogP contribution in [0.1, 0.15) is 124 Å². The molecule has 2 heterocycles. The smallest absolute Gasteiger partial charge is 0.223 e. The lowest BCUT2D eigenvalue weighted by Crippen LogP contribution is -2.56. The van der Waals surface area contributed by atoms with Gasteiger partial charge in [0.2, 0.25) is 12.3 Å². The quantitative estimate of drug-likeness (QED) is 0.318. The lowest BCUT2D eigenvalue weighted by atomic mass is 9.46. The summed E-state index contributed by atoms with van der Waals surface area (Å²) in [5.74, 6) is 4.29. The van der Waals surface area contributed by atoms with Crippen LogP contribution in [-0.2, 0) is 23.8 Å². The maximum Gasteiger partial charge on any atom is 0.223 e. The number of amides is 2. The van der Waals surface area contributed by atoms with Crippen LogP contribution in [0, 0.1) is 51.2 Å². The molecule has 0 bridgehead atoms. The largest absolute Gasteiger partial charge is 0.375 e. The van der Waals surface area contributed by atoms with Crippen molar-refractivity contribution in [2.45, 2.75) is 149 Å². The van der Waals surface area contributed by atoms with Gasteiger partial charge in [-0.2, -0.15) is 0 Å². The number of ether oxygens (including phenoxy) is 3. The minimum absolute atomic E-state index is 0.150. The Morgan fingerprint density at radius 1 is 0.978 bits per heavy atom. The molecular weight excluding hydrogens is 564 g/mol. The van der Waals surface area contributed by atoms with Gasteiger partial charge in [-0.15, -0.1) is 0 Å². The maximum atomic E-state index is 12.8. The summed E-state index contributed by atoms with van der Waals surface area (Å²) in [4.78, 5) is 23.9. The first kappa shape index (κ1) is 32.4. The fourth-order valence-electron chi connectivity index (χ4n) is 12.9. The molecule has 0 aromatic rings. The van der Waals surface area contributed by atoms with Crippen molar-refractivity contribution in [2.24, 2.45) is 51.2 Å². The molecule has 7 nitrogen and oxygen atoms in total. The van der Waals surface area contributed by atoms with Crippen molar-refractivity contribution in [1.29, 1.82) is 0 Å². The van der Waals surface area contributed by atoms with Crippen molar-refractivity contribution in [3.05, 3.63) is 0 Å². The highest BCUT2D eigenvalue weighted by atomic mass is 16.7. The molecule has 8 aliphatic rings. The van der Waals surface area contributed by atoms with Gasteiger partial charge in [0, 0.05) is 20.0 Å². The normalized spacial score (nSPS) is 47.4. The molecule has 0 aromatic heterocycles. The number of rotatable bonds is 7. The second-order valence-corrected chi connectivity index (χ2v) is 17.5. The highest BCUT2D eigenvalue weighted by Crippen LogP contribution is 2.87. The van der Waals surface area contributed by atoms with Crippen molar-refractivity contribution in [1.82, 2.24) is 10.2 Å². The van der Waals surface area contributed by atoms with E-state index in [0.717, 1.165) is 43.1 Å². The van der Waals surface area contributed by atoms with Crippen LogP contribution in [0.4, 0.5) is 0 Å². The molecule has 1 N–H and O–H groups in total. The predicted octanol–water partition coefficient (Wildman–Crippen LogP) is 6.73. The van der Waals surface area contributed by atoms with Crippen LogP contribution in [-0.4, -0.2) is 68.6 Å². The van der Waals surface area contributed by atoms with Gasteiger partial charge in [-0.05, 0) is 135 Å². The first-order valence-corrected chi connectivity index (χ1v) is 18.9. The van der Waals surface area contributed by atoms with Crippen molar-refractivity contribution in [3.8, 4) is 0 Å². The summed E-state index contributed by atoms with van der Waals surface area (Å²) >= 11 is 0. The Bertz CT molecular complexity index is 1110. The van der Waals surface area contributed by atoms with Gasteiger partial charge < -0.3 is 24.4 Å². The molecule has 45 heavy (non-hydrogen) atoms. The number of carbonyl (C=O) groups is 2. The predicted molar refractivity (Wildman–Crippen MR) is 174 cm³/mol. The fourth-order valence-corrected chi connectivity index (χ4v) is 12.9. The van der Waals surface area contributed by atoms with Gasteiger partial charge in [0.15, 0.2) is 6.29 Å². The van der Waals surface area contributed by atoms with Gasteiger partial charge in [0.25, 0.3) is 0 Å². The van der Waals surface area contributed by atoms with Crippen LogP contribution in [0.5, 0.6) is 0 Å². The number of hydrogen-bond acceptors (Lipinski definition) is 5. The van der Waals surface area contributed by atoms with Crippen molar-refractivity contribution in [2.75, 3.05) is 26.7 Å². The molecule has 2 aliphatic heterocycles. The summed E-state index contributed by atoms with van der Waals surface area (Å²) in [6.45, 7) is 12.0. The number of morpholine rings is 1. The first-order chi connectivity index (χ1) is 21.6. The topological polar surface area (TPSA) is 77.1 Å². The SMILES string of the molecule is CCCC1CCC2C(CC3C4CCC5C(C)(C)C(OC6CN(C(=O)CC7CC7)CCO6)CCC56CC46CCC23C)O1.CNC=O. The van der Waals surface area contributed by atoms with E-state index in [1.165, 1.54) is 83.5 Å². The van der Waals surface area contributed by atoms with Gasteiger partial charge in [0.1, 0.15) is 0 Å². The van der Waals surface area contributed by atoms with E-state index >= 15 is 0 Å². The second kappa shape index (κ2) is 12.1. The monoisotopic (exact) mass is 626 g/mol. The minimum atomic E-state index is -0.261. The van der Waals surface area contributed by atoms with Gasteiger partial charge in [-0.25, -0.2) is 0 Å². The van der Waals surface area contributed by atoms with Crippen LogP contribution >= 0.6 is 0 Å². The maximum absolute atomic E-state index is 12.8.